The number of carbonyl (C=O) groups excluding carboxylic acids is 1. The van der Waals surface area contributed by atoms with Crippen LogP contribution >= 0.6 is 0 Å². The molecular formula is C13H14N2O3. The molecule has 1 amide bonds. The van der Waals surface area contributed by atoms with Crippen LogP contribution in [-0.2, 0) is 0 Å². The summed E-state index contributed by atoms with van der Waals surface area (Å²) in [6, 6.07) is 7.13. The van der Waals surface area contributed by atoms with Crippen molar-refractivity contribution < 1.29 is 14.1 Å². The minimum absolute atomic E-state index is 0.177. The van der Waals surface area contributed by atoms with Crippen molar-refractivity contribution >= 4 is 11.6 Å². The molecule has 0 radical (unpaired) electrons. The van der Waals surface area contributed by atoms with Gasteiger partial charge in [0.2, 0.25) is 5.76 Å². The van der Waals surface area contributed by atoms with Crippen LogP contribution in [0.1, 0.15) is 21.8 Å². The highest BCUT2D eigenvalue weighted by Crippen LogP contribution is 2.25. The zero-order valence-electron chi connectivity index (χ0n) is 10.5. The maximum absolute atomic E-state index is 11.9. The van der Waals surface area contributed by atoms with Crippen LogP contribution in [-0.4, -0.2) is 18.2 Å². The molecule has 0 aliphatic heterocycles. The standard InChI is InChI=1S/C13H14N2O3/c1-8-4-5-11(17-3)10(6-8)14-13(16)12-7-9(2)15-18-12/h4-7H,1-3H3,(H,14,16). The highest BCUT2D eigenvalue weighted by Gasteiger charge is 2.14. The molecule has 1 heterocycles. The Morgan fingerprint density at radius 1 is 1.33 bits per heavy atom. The van der Waals surface area contributed by atoms with Crippen molar-refractivity contribution in [2.45, 2.75) is 13.8 Å². The number of nitrogens with one attached hydrogen (secondary N) is 1. The summed E-state index contributed by atoms with van der Waals surface area (Å²) >= 11 is 0. The van der Waals surface area contributed by atoms with Gasteiger partial charge in [0.15, 0.2) is 0 Å². The summed E-state index contributed by atoms with van der Waals surface area (Å²) in [6.45, 7) is 3.70. The van der Waals surface area contributed by atoms with Crippen molar-refractivity contribution in [2.24, 2.45) is 0 Å². The zero-order valence-corrected chi connectivity index (χ0v) is 10.5. The summed E-state index contributed by atoms with van der Waals surface area (Å²) in [4.78, 5) is 11.9. The van der Waals surface area contributed by atoms with Crippen LogP contribution in [0.15, 0.2) is 28.8 Å². The Labute approximate surface area is 105 Å². The van der Waals surface area contributed by atoms with Gasteiger partial charge in [-0.1, -0.05) is 11.2 Å². The van der Waals surface area contributed by atoms with Crippen LogP contribution in [0.2, 0.25) is 0 Å². The van der Waals surface area contributed by atoms with Gasteiger partial charge in [-0.3, -0.25) is 4.79 Å². The first-order chi connectivity index (χ1) is 8.60. The minimum atomic E-state index is -0.348. The molecule has 2 aromatic rings. The molecule has 2 rings (SSSR count). The van der Waals surface area contributed by atoms with Crippen LogP contribution < -0.4 is 10.1 Å². The molecule has 0 aliphatic rings. The molecular weight excluding hydrogens is 232 g/mol. The fraction of sp³-hybridized carbons (Fsp3) is 0.231. The van der Waals surface area contributed by atoms with E-state index in [4.69, 9.17) is 9.26 Å². The SMILES string of the molecule is COc1ccc(C)cc1NC(=O)c1cc(C)no1. The van der Waals surface area contributed by atoms with Crippen LogP contribution in [0.25, 0.3) is 0 Å². The predicted molar refractivity (Wildman–Crippen MR) is 66.9 cm³/mol. The molecule has 18 heavy (non-hydrogen) atoms. The lowest BCUT2D eigenvalue weighted by Gasteiger charge is -2.09. The van der Waals surface area contributed by atoms with Gasteiger partial charge >= 0.3 is 0 Å². The Kier molecular flexibility index (Phi) is 3.32. The second-order valence-electron chi connectivity index (χ2n) is 3.99. The van der Waals surface area contributed by atoms with Crippen molar-refractivity contribution in [1.82, 2.24) is 5.16 Å². The Morgan fingerprint density at radius 3 is 2.72 bits per heavy atom. The quantitative estimate of drug-likeness (QED) is 0.903. The molecule has 0 bridgehead atoms. The van der Waals surface area contributed by atoms with Crippen molar-refractivity contribution in [3.05, 3.63) is 41.3 Å². The Morgan fingerprint density at radius 2 is 2.11 bits per heavy atom. The highest BCUT2D eigenvalue weighted by molar-refractivity contribution is 6.03. The molecule has 0 aliphatic carbocycles. The van der Waals surface area contributed by atoms with Gasteiger partial charge in [-0.05, 0) is 31.5 Å². The zero-order chi connectivity index (χ0) is 13.1. The smallest absolute Gasteiger partial charge is 0.294 e. The second kappa shape index (κ2) is 4.91. The Balaban J connectivity index is 2.23. The molecule has 0 saturated heterocycles. The molecule has 5 nitrogen and oxygen atoms in total. The van der Waals surface area contributed by atoms with E-state index in [2.05, 4.69) is 10.5 Å². The number of aromatic nitrogens is 1. The lowest BCUT2D eigenvalue weighted by molar-refractivity contribution is 0.0987. The molecule has 1 aromatic heterocycles. The van der Waals surface area contributed by atoms with E-state index in [1.165, 1.54) is 0 Å². The third-order valence-corrected chi connectivity index (χ3v) is 2.45. The van der Waals surface area contributed by atoms with Gasteiger partial charge in [-0.2, -0.15) is 0 Å². The Bertz CT molecular complexity index is 575. The first kappa shape index (κ1) is 12.2. The van der Waals surface area contributed by atoms with Crippen LogP contribution in [0.3, 0.4) is 0 Å². The van der Waals surface area contributed by atoms with E-state index in [0.29, 0.717) is 17.1 Å². The summed E-state index contributed by atoms with van der Waals surface area (Å²) in [5.41, 5.74) is 2.30. The average molecular weight is 246 g/mol. The normalized spacial score (nSPS) is 10.2. The lowest BCUT2D eigenvalue weighted by atomic mass is 10.2. The van der Waals surface area contributed by atoms with Crippen LogP contribution in [0.5, 0.6) is 5.75 Å². The van der Waals surface area contributed by atoms with Crippen LogP contribution in [0, 0.1) is 13.8 Å². The molecule has 0 saturated carbocycles. The molecule has 1 N–H and O–H groups in total. The molecule has 1 aromatic carbocycles. The number of nitrogens with zero attached hydrogens (tertiary/aromatic N) is 1. The first-order valence-corrected chi connectivity index (χ1v) is 5.49. The number of rotatable bonds is 3. The monoisotopic (exact) mass is 246 g/mol. The summed E-state index contributed by atoms with van der Waals surface area (Å²) < 4.78 is 10.1. The Hall–Kier alpha value is -2.30. The van der Waals surface area contributed by atoms with E-state index in [-0.39, 0.29) is 11.7 Å². The van der Waals surface area contributed by atoms with E-state index in [0.717, 1.165) is 5.56 Å². The third-order valence-electron chi connectivity index (χ3n) is 2.45. The number of hydrogen-bond acceptors (Lipinski definition) is 4. The summed E-state index contributed by atoms with van der Waals surface area (Å²) in [5.74, 6) is 0.431. The average Bonchev–Trinajstić information content (AvgIpc) is 2.76. The lowest BCUT2D eigenvalue weighted by Crippen LogP contribution is -2.11. The van der Waals surface area contributed by atoms with Crippen LogP contribution in [0.4, 0.5) is 5.69 Å². The van der Waals surface area contributed by atoms with Crippen molar-refractivity contribution in [2.75, 3.05) is 12.4 Å². The van der Waals surface area contributed by atoms with E-state index in [1.54, 1.807) is 26.2 Å². The van der Waals surface area contributed by atoms with Gasteiger partial charge in [0.25, 0.3) is 5.91 Å². The number of benzene rings is 1. The number of aryl methyl sites for hydroxylation is 2. The molecule has 94 valence electrons. The van der Waals surface area contributed by atoms with Gasteiger partial charge in [0.1, 0.15) is 5.75 Å². The molecule has 0 spiro atoms. The fourth-order valence-corrected chi connectivity index (χ4v) is 1.57. The number of anilines is 1. The van der Waals surface area contributed by atoms with E-state index in [1.807, 2.05) is 19.1 Å². The molecule has 0 atom stereocenters. The number of hydrogen-bond donors (Lipinski definition) is 1. The van der Waals surface area contributed by atoms with Crippen molar-refractivity contribution in [3.63, 3.8) is 0 Å². The highest BCUT2D eigenvalue weighted by atomic mass is 16.5. The summed E-state index contributed by atoms with van der Waals surface area (Å²) in [6.07, 6.45) is 0. The number of methoxy groups -OCH3 is 1. The number of amides is 1. The van der Waals surface area contributed by atoms with Gasteiger partial charge < -0.3 is 14.6 Å². The number of carbonyl (C=O) groups is 1. The molecule has 0 fully saturated rings. The van der Waals surface area contributed by atoms with Gasteiger partial charge in [-0.25, -0.2) is 0 Å². The molecule has 0 unspecified atom stereocenters. The maximum atomic E-state index is 11.9. The predicted octanol–water partition coefficient (Wildman–Crippen LogP) is 2.55. The fourth-order valence-electron chi connectivity index (χ4n) is 1.57. The van der Waals surface area contributed by atoms with Gasteiger partial charge in [0.05, 0.1) is 18.5 Å². The summed E-state index contributed by atoms with van der Waals surface area (Å²) in [5, 5.41) is 6.41. The minimum Gasteiger partial charge on any atom is -0.495 e. The first-order valence-electron chi connectivity index (χ1n) is 5.49. The van der Waals surface area contributed by atoms with E-state index in [9.17, 15) is 4.79 Å². The topological polar surface area (TPSA) is 64.4 Å². The van der Waals surface area contributed by atoms with E-state index >= 15 is 0 Å². The summed E-state index contributed by atoms with van der Waals surface area (Å²) in [7, 11) is 1.55. The molecule has 5 heteroatoms. The van der Waals surface area contributed by atoms with Crippen molar-refractivity contribution in [1.29, 1.82) is 0 Å². The number of ether oxygens (including phenoxy) is 1. The van der Waals surface area contributed by atoms with Crippen molar-refractivity contribution in [3.8, 4) is 5.75 Å². The third kappa shape index (κ3) is 2.51. The second-order valence-corrected chi connectivity index (χ2v) is 3.99. The van der Waals surface area contributed by atoms with E-state index < -0.39 is 0 Å². The maximum Gasteiger partial charge on any atom is 0.294 e. The van der Waals surface area contributed by atoms with Gasteiger partial charge in [-0.15, -0.1) is 0 Å². The van der Waals surface area contributed by atoms with Gasteiger partial charge in [0, 0.05) is 6.07 Å². The largest absolute Gasteiger partial charge is 0.495 e.